The van der Waals surface area contributed by atoms with E-state index in [-0.39, 0.29) is 6.10 Å². The van der Waals surface area contributed by atoms with Gasteiger partial charge in [0.2, 0.25) is 0 Å². The van der Waals surface area contributed by atoms with Crippen molar-refractivity contribution in [2.75, 3.05) is 0 Å². The highest BCUT2D eigenvalue weighted by atomic mass is 16.3. The zero-order chi connectivity index (χ0) is 20.8. The maximum absolute atomic E-state index is 10.3. The molecule has 0 spiro atoms. The highest BCUT2D eigenvalue weighted by molar-refractivity contribution is 5.09. The van der Waals surface area contributed by atoms with Gasteiger partial charge in [0, 0.05) is 0 Å². The van der Waals surface area contributed by atoms with Crippen LogP contribution in [0.15, 0.2) is 11.6 Å². The Morgan fingerprint density at radius 1 is 0.966 bits per heavy atom. The van der Waals surface area contributed by atoms with Crippen molar-refractivity contribution in [2.45, 2.75) is 118 Å². The summed E-state index contributed by atoms with van der Waals surface area (Å²) in [5.74, 6) is 5.40. The first-order valence-corrected chi connectivity index (χ1v) is 13.1. The molecular weight excluding hydrogens is 352 g/mol. The molecule has 0 aliphatic heterocycles. The van der Waals surface area contributed by atoms with Crippen LogP contribution in [0.3, 0.4) is 0 Å². The summed E-state index contributed by atoms with van der Waals surface area (Å²) in [5, 5.41) is 10.3. The summed E-state index contributed by atoms with van der Waals surface area (Å²) >= 11 is 0. The summed E-state index contributed by atoms with van der Waals surface area (Å²) in [6.07, 6.45) is 18.8. The van der Waals surface area contributed by atoms with Gasteiger partial charge in [-0.3, -0.25) is 0 Å². The zero-order valence-corrected chi connectivity index (χ0v) is 20.1. The van der Waals surface area contributed by atoms with E-state index >= 15 is 0 Å². The first-order chi connectivity index (χ1) is 13.8. The van der Waals surface area contributed by atoms with E-state index in [2.05, 4.69) is 40.7 Å². The molecule has 4 rings (SSSR count). The molecular formula is C28H48O. The van der Waals surface area contributed by atoms with Crippen LogP contribution in [-0.4, -0.2) is 11.2 Å². The number of allylic oxidation sites excluding steroid dienone is 2. The molecule has 1 nitrogen and oxygen atoms in total. The lowest BCUT2D eigenvalue weighted by Gasteiger charge is -2.61. The van der Waals surface area contributed by atoms with Crippen LogP contribution >= 0.6 is 0 Å². The average molecular weight is 401 g/mol. The first kappa shape index (κ1) is 21.9. The molecule has 0 aromatic heterocycles. The maximum Gasteiger partial charge on any atom is 0.0543 e. The van der Waals surface area contributed by atoms with Crippen molar-refractivity contribution in [1.29, 1.82) is 0 Å². The van der Waals surface area contributed by atoms with E-state index in [1.165, 1.54) is 64.2 Å². The lowest BCUT2D eigenvalue weighted by molar-refractivity contribution is -0.126. The lowest BCUT2D eigenvalue weighted by Crippen LogP contribution is -2.53. The van der Waals surface area contributed by atoms with Gasteiger partial charge in [-0.05, 0) is 130 Å². The topological polar surface area (TPSA) is 20.2 Å². The van der Waals surface area contributed by atoms with Crippen LogP contribution < -0.4 is 0 Å². The third-order valence-corrected chi connectivity index (χ3v) is 11.0. The molecule has 166 valence electrons. The van der Waals surface area contributed by atoms with Gasteiger partial charge >= 0.3 is 0 Å². The highest BCUT2D eigenvalue weighted by Crippen LogP contribution is 2.67. The SMILES string of the molecule is C/C=C(/CCCC1CCC2C3CCC4CC(O)CCC4(C)C3CCC12C)C(C)C. The molecule has 1 heteroatoms. The molecule has 4 aliphatic rings. The van der Waals surface area contributed by atoms with Crippen molar-refractivity contribution in [1.82, 2.24) is 0 Å². The van der Waals surface area contributed by atoms with Gasteiger partial charge in [0.15, 0.2) is 0 Å². The van der Waals surface area contributed by atoms with E-state index in [0.717, 1.165) is 42.4 Å². The Balaban J connectivity index is 1.42. The number of fused-ring (bicyclic) bond motifs is 5. The van der Waals surface area contributed by atoms with Gasteiger partial charge in [-0.2, -0.15) is 0 Å². The summed E-state index contributed by atoms with van der Waals surface area (Å²) in [7, 11) is 0. The van der Waals surface area contributed by atoms with Gasteiger partial charge in [-0.25, -0.2) is 0 Å². The quantitative estimate of drug-likeness (QED) is 0.467. The van der Waals surface area contributed by atoms with Crippen LogP contribution in [0.5, 0.6) is 0 Å². The normalized spacial score (nSPS) is 47.6. The van der Waals surface area contributed by atoms with Crippen LogP contribution in [0.25, 0.3) is 0 Å². The molecule has 4 saturated carbocycles. The zero-order valence-electron chi connectivity index (χ0n) is 20.1. The largest absolute Gasteiger partial charge is 0.393 e. The number of aliphatic hydroxyl groups is 1. The van der Waals surface area contributed by atoms with Gasteiger partial charge < -0.3 is 5.11 Å². The van der Waals surface area contributed by atoms with E-state index in [0.29, 0.717) is 16.7 Å². The van der Waals surface area contributed by atoms with Gasteiger partial charge in [0.1, 0.15) is 0 Å². The van der Waals surface area contributed by atoms with Crippen molar-refractivity contribution in [3.05, 3.63) is 11.6 Å². The molecule has 0 aromatic rings. The number of aliphatic hydroxyl groups excluding tert-OH is 1. The first-order valence-electron chi connectivity index (χ1n) is 13.1. The summed E-state index contributed by atoms with van der Waals surface area (Å²) in [5.41, 5.74) is 2.81. The number of hydrogen-bond acceptors (Lipinski definition) is 1. The molecule has 8 atom stereocenters. The molecule has 4 fully saturated rings. The monoisotopic (exact) mass is 400 g/mol. The predicted octanol–water partition coefficient (Wildman–Crippen LogP) is 7.78. The van der Waals surface area contributed by atoms with Crippen molar-refractivity contribution in [3.8, 4) is 0 Å². The van der Waals surface area contributed by atoms with Crippen molar-refractivity contribution in [2.24, 2.45) is 46.3 Å². The van der Waals surface area contributed by atoms with Gasteiger partial charge in [0.25, 0.3) is 0 Å². The van der Waals surface area contributed by atoms with E-state index in [1.807, 2.05) is 0 Å². The smallest absolute Gasteiger partial charge is 0.0543 e. The average Bonchev–Trinajstić information content (AvgIpc) is 3.02. The molecule has 0 saturated heterocycles. The van der Waals surface area contributed by atoms with Crippen molar-refractivity contribution >= 4 is 0 Å². The second kappa shape index (κ2) is 8.33. The lowest BCUT2D eigenvalue weighted by atomic mass is 9.44. The van der Waals surface area contributed by atoms with Gasteiger partial charge in [-0.1, -0.05) is 39.3 Å². The van der Waals surface area contributed by atoms with Crippen molar-refractivity contribution < 1.29 is 5.11 Å². The van der Waals surface area contributed by atoms with E-state index in [9.17, 15) is 5.11 Å². The van der Waals surface area contributed by atoms with Crippen LogP contribution in [0.2, 0.25) is 0 Å². The molecule has 0 aromatic carbocycles. The van der Waals surface area contributed by atoms with E-state index < -0.39 is 0 Å². The van der Waals surface area contributed by atoms with Crippen LogP contribution in [0, 0.1) is 46.3 Å². The molecule has 8 unspecified atom stereocenters. The molecule has 0 bridgehead atoms. The fourth-order valence-corrected chi connectivity index (χ4v) is 9.14. The van der Waals surface area contributed by atoms with Crippen molar-refractivity contribution in [3.63, 3.8) is 0 Å². The van der Waals surface area contributed by atoms with E-state index in [4.69, 9.17) is 0 Å². The Bertz CT molecular complexity index is 605. The number of rotatable bonds is 5. The molecule has 4 aliphatic carbocycles. The summed E-state index contributed by atoms with van der Waals surface area (Å²) in [6.45, 7) is 12.3. The Hall–Kier alpha value is -0.300. The van der Waals surface area contributed by atoms with Crippen LogP contribution in [0.4, 0.5) is 0 Å². The van der Waals surface area contributed by atoms with Gasteiger partial charge in [0.05, 0.1) is 6.10 Å². The van der Waals surface area contributed by atoms with Crippen LogP contribution in [0.1, 0.15) is 112 Å². The summed E-state index contributed by atoms with van der Waals surface area (Å²) in [4.78, 5) is 0. The third kappa shape index (κ3) is 3.77. The fourth-order valence-electron chi connectivity index (χ4n) is 9.14. The predicted molar refractivity (Wildman–Crippen MR) is 124 cm³/mol. The Labute approximate surface area is 181 Å². The summed E-state index contributed by atoms with van der Waals surface area (Å²) in [6, 6.07) is 0. The standard InChI is InChI=1S/C28H48O/c1-6-20(19(2)3)8-7-9-21-11-13-25-24-12-10-22-18-23(29)14-16-28(22,5)26(24)15-17-27(21,25)4/h6,19,21-26,29H,7-18H2,1-5H3/b20-6-. The number of hydrogen-bond donors (Lipinski definition) is 1. The molecule has 0 amide bonds. The molecule has 29 heavy (non-hydrogen) atoms. The Morgan fingerprint density at radius 3 is 2.41 bits per heavy atom. The van der Waals surface area contributed by atoms with Gasteiger partial charge in [-0.15, -0.1) is 0 Å². The third-order valence-electron chi connectivity index (χ3n) is 11.0. The fraction of sp³-hybridized carbons (Fsp3) is 0.929. The molecule has 0 radical (unpaired) electrons. The van der Waals surface area contributed by atoms with Crippen LogP contribution in [-0.2, 0) is 0 Å². The molecule has 0 heterocycles. The van der Waals surface area contributed by atoms with E-state index in [1.54, 1.807) is 5.57 Å². The second-order valence-electron chi connectivity index (χ2n) is 12.3. The Morgan fingerprint density at radius 2 is 1.69 bits per heavy atom. The minimum atomic E-state index is -0.0118. The minimum absolute atomic E-state index is 0.0118. The Kier molecular flexibility index (Phi) is 6.29. The maximum atomic E-state index is 10.3. The second-order valence-corrected chi connectivity index (χ2v) is 12.3. The summed E-state index contributed by atoms with van der Waals surface area (Å²) < 4.78 is 0. The minimum Gasteiger partial charge on any atom is -0.393 e. The highest BCUT2D eigenvalue weighted by Gasteiger charge is 2.59. The molecule has 1 N–H and O–H groups in total.